The van der Waals surface area contributed by atoms with Gasteiger partial charge in [-0.05, 0) is 19.9 Å². The van der Waals surface area contributed by atoms with Gasteiger partial charge in [0.2, 0.25) is 0 Å². The van der Waals surface area contributed by atoms with Crippen LogP contribution in [0.3, 0.4) is 0 Å². The van der Waals surface area contributed by atoms with Crippen LogP contribution in [0.15, 0.2) is 12.3 Å². The second-order valence-electron chi connectivity index (χ2n) is 3.98. The number of ether oxygens (including phenoxy) is 1. The minimum atomic E-state index is -0.581. The summed E-state index contributed by atoms with van der Waals surface area (Å²) < 4.78 is 18.1. The highest BCUT2D eigenvalue weighted by molar-refractivity contribution is 5.98. The standard InChI is InChI=1S/C12H18FN3O2/c1-4-16(8(2)7-18-3)12(17)10-5-9(13)6-15-11(10)14/h5-6,8H,4,7H2,1-3H3,(H2,14,15). The number of hydrogen-bond donors (Lipinski definition) is 1. The van der Waals surface area contributed by atoms with Crippen LogP contribution in [0, 0.1) is 5.82 Å². The van der Waals surface area contributed by atoms with Crippen LogP contribution in [0.2, 0.25) is 0 Å². The zero-order valence-electron chi connectivity index (χ0n) is 10.8. The fraction of sp³-hybridized carbons (Fsp3) is 0.500. The molecule has 1 atom stereocenters. The summed E-state index contributed by atoms with van der Waals surface area (Å²) in [6.07, 6.45) is 0.987. The van der Waals surface area contributed by atoms with Crippen molar-refractivity contribution in [1.82, 2.24) is 9.88 Å². The van der Waals surface area contributed by atoms with E-state index in [1.54, 1.807) is 12.0 Å². The van der Waals surface area contributed by atoms with Crippen molar-refractivity contribution in [3.05, 3.63) is 23.6 Å². The maximum absolute atomic E-state index is 13.1. The average molecular weight is 255 g/mol. The van der Waals surface area contributed by atoms with Crippen LogP contribution in [0.1, 0.15) is 24.2 Å². The van der Waals surface area contributed by atoms with Gasteiger partial charge in [-0.25, -0.2) is 9.37 Å². The van der Waals surface area contributed by atoms with E-state index in [1.807, 2.05) is 13.8 Å². The molecule has 0 spiro atoms. The maximum atomic E-state index is 13.1. The molecule has 1 amide bonds. The molecular formula is C12H18FN3O2. The van der Waals surface area contributed by atoms with Gasteiger partial charge in [0.15, 0.2) is 0 Å². The summed E-state index contributed by atoms with van der Waals surface area (Å²) in [4.78, 5) is 17.5. The van der Waals surface area contributed by atoms with Gasteiger partial charge in [-0.15, -0.1) is 0 Å². The van der Waals surface area contributed by atoms with E-state index in [4.69, 9.17) is 10.5 Å². The lowest BCUT2D eigenvalue weighted by atomic mass is 10.2. The van der Waals surface area contributed by atoms with Gasteiger partial charge in [0.05, 0.1) is 24.4 Å². The second kappa shape index (κ2) is 6.30. The van der Waals surface area contributed by atoms with E-state index in [9.17, 15) is 9.18 Å². The lowest BCUT2D eigenvalue weighted by molar-refractivity contribution is 0.0579. The van der Waals surface area contributed by atoms with Gasteiger partial charge in [0.25, 0.3) is 5.91 Å². The summed E-state index contributed by atoms with van der Waals surface area (Å²) in [5.41, 5.74) is 5.68. The molecule has 1 aromatic rings. The quantitative estimate of drug-likeness (QED) is 0.861. The van der Waals surface area contributed by atoms with Crippen LogP contribution in [-0.2, 0) is 4.74 Å². The summed E-state index contributed by atoms with van der Waals surface area (Å²) in [5, 5.41) is 0. The number of likely N-dealkylation sites (N-methyl/N-ethyl adjacent to an activating group) is 1. The Balaban J connectivity index is 2.99. The molecule has 1 unspecified atom stereocenters. The molecule has 0 bridgehead atoms. The second-order valence-corrected chi connectivity index (χ2v) is 3.98. The van der Waals surface area contributed by atoms with Crippen molar-refractivity contribution in [2.24, 2.45) is 0 Å². The topological polar surface area (TPSA) is 68.5 Å². The Hall–Kier alpha value is -1.69. The minimum absolute atomic E-state index is 0.0319. The molecule has 2 N–H and O–H groups in total. The molecule has 0 aliphatic rings. The van der Waals surface area contributed by atoms with Crippen molar-refractivity contribution in [2.75, 3.05) is 26.0 Å². The van der Waals surface area contributed by atoms with E-state index in [0.717, 1.165) is 12.3 Å². The molecule has 0 fully saturated rings. The molecule has 5 nitrogen and oxygen atoms in total. The lowest BCUT2D eigenvalue weighted by Gasteiger charge is -2.27. The number of hydrogen-bond acceptors (Lipinski definition) is 4. The molecule has 0 aliphatic heterocycles. The first-order valence-electron chi connectivity index (χ1n) is 5.72. The van der Waals surface area contributed by atoms with E-state index < -0.39 is 5.82 Å². The Kier molecular flexibility index (Phi) is 5.03. The zero-order valence-corrected chi connectivity index (χ0v) is 10.8. The molecule has 0 saturated carbocycles. The van der Waals surface area contributed by atoms with E-state index >= 15 is 0 Å². The van der Waals surface area contributed by atoms with Crippen molar-refractivity contribution in [1.29, 1.82) is 0 Å². The molecule has 0 aromatic carbocycles. The Morgan fingerprint density at radius 1 is 1.67 bits per heavy atom. The molecule has 1 rings (SSSR count). The SMILES string of the molecule is CCN(C(=O)c1cc(F)cnc1N)C(C)COC. The highest BCUT2D eigenvalue weighted by Gasteiger charge is 2.22. The van der Waals surface area contributed by atoms with Crippen molar-refractivity contribution >= 4 is 11.7 Å². The number of carbonyl (C=O) groups is 1. The molecule has 0 radical (unpaired) electrons. The van der Waals surface area contributed by atoms with Crippen LogP contribution >= 0.6 is 0 Å². The van der Waals surface area contributed by atoms with Crippen molar-refractivity contribution in [2.45, 2.75) is 19.9 Å². The largest absolute Gasteiger partial charge is 0.383 e. The molecule has 1 aromatic heterocycles. The van der Waals surface area contributed by atoms with E-state index in [-0.39, 0.29) is 23.3 Å². The van der Waals surface area contributed by atoms with Gasteiger partial charge in [0.1, 0.15) is 11.6 Å². The number of nitrogens with zero attached hydrogens (tertiary/aromatic N) is 2. The molecule has 100 valence electrons. The van der Waals surface area contributed by atoms with Crippen LogP contribution in [0.25, 0.3) is 0 Å². The summed E-state index contributed by atoms with van der Waals surface area (Å²) in [6.45, 7) is 4.59. The number of pyridine rings is 1. The highest BCUT2D eigenvalue weighted by atomic mass is 19.1. The van der Waals surface area contributed by atoms with Gasteiger partial charge in [-0.1, -0.05) is 0 Å². The number of nitrogens with two attached hydrogens (primary N) is 1. The van der Waals surface area contributed by atoms with Crippen LogP contribution < -0.4 is 5.73 Å². The van der Waals surface area contributed by atoms with Crippen LogP contribution in [0.5, 0.6) is 0 Å². The summed E-state index contributed by atoms with van der Waals surface area (Å²) in [7, 11) is 1.56. The minimum Gasteiger partial charge on any atom is -0.383 e. The number of halogens is 1. The number of carbonyl (C=O) groups excluding carboxylic acids is 1. The number of aromatic nitrogens is 1. The Morgan fingerprint density at radius 3 is 2.89 bits per heavy atom. The molecular weight excluding hydrogens is 237 g/mol. The van der Waals surface area contributed by atoms with Gasteiger partial charge >= 0.3 is 0 Å². The number of rotatable bonds is 5. The lowest BCUT2D eigenvalue weighted by Crippen LogP contribution is -2.41. The van der Waals surface area contributed by atoms with E-state index in [1.165, 1.54) is 0 Å². The summed E-state index contributed by atoms with van der Waals surface area (Å²) in [5.74, 6) is -0.890. The highest BCUT2D eigenvalue weighted by Crippen LogP contribution is 2.15. The summed E-state index contributed by atoms with van der Waals surface area (Å²) in [6, 6.07) is 0.988. The molecule has 18 heavy (non-hydrogen) atoms. The average Bonchev–Trinajstić information content (AvgIpc) is 2.33. The fourth-order valence-corrected chi connectivity index (χ4v) is 1.76. The number of anilines is 1. The molecule has 1 heterocycles. The maximum Gasteiger partial charge on any atom is 0.258 e. The first kappa shape index (κ1) is 14.4. The number of amides is 1. The Labute approximate surface area is 106 Å². The third-order valence-electron chi connectivity index (χ3n) is 2.66. The smallest absolute Gasteiger partial charge is 0.258 e. The van der Waals surface area contributed by atoms with Gasteiger partial charge in [-0.2, -0.15) is 0 Å². The van der Waals surface area contributed by atoms with Gasteiger partial charge in [0, 0.05) is 13.7 Å². The Morgan fingerprint density at radius 2 is 2.33 bits per heavy atom. The van der Waals surface area contributed by atoms with Crippen LogP contribution in [0.4, 0.5) is 10.2 Å². The van der Waals surface area contributed by atoms with Crippen molar-refractivity contribution < 1.29 is 13.9 Å². The van der Waals surface area contributed by atoms with Gasteiger partial charge in [-0.3, -0.25) is 4.79 Å². The normalized spacial score (nSPS) is 12.2. The van der Waals surface area contributed by atoms with Crippen molar-refractivity contribution in [3.63, 3.8) is 0 Å². The predicted molar refractivity (Wildman–Crippen MR) is 66.7 cm³/mol. The van der Waals surface area contributed by atoms with E-state index in [2.05, 4.69) is 4.98 Å². The van der Waals surface area contributed by atoms with Crippen LogP contribution in [-0.4, -0.2) is 42.1 Å². The predicted octanol–water partition coefficient (Wildman–Crippen LogP) is 1.30. The zero-order chi connectivity index (χ0) is 13.7. The van der Waals surface area contributed by atoms with E-state index in [0.29, 0.717) is 13.2 Å². The monoisotopic (exact) mass is 255 g/mol. The Bertz CT molecular complexity index is 426. The fourth-order valence-electron chi connectivity index (χ4n) is 1.76. The molecule has 0 saturated heterocycles. The summed E-state index contributed by atoms with van der Waals surface area (Å²) >= 11 is 0. The van der Waals surface area contributed by atoms with Gasteiger partial charge < -0.3 is 15.4 Å². The number of nitrogen functional groups attached to an aromatic ring is 1. The number of methoxy groups -OCH3 is 1. The first-order valence-corrected chi connectivity index (χ1v) is 5.72. The third kappa shape index (κ3) is 3.16. The first-order chi connectivity index (χ1) is 8.51. The molecule has 6 heteroatoms. The molecule has 0 aliphatic carbocycles. The third-order valence-corrected chi connectivity index (χ3v) is 2.66. The van der Waals surface area contributed by atoms with Crippen molar-refractivity contribution in [3.8, 4) is 0 Å².